The van der Waals surface area contributed by atoms with Crippen LogP contribution in [0.4, 0.5) is 10.5 Å². The standard InChI is InChI=1S/C22H25N3O4/c1-28-19-9-7-18(8-10-19)23-21(27)24-13-11-22(12-14-24)15-20(26)25(29-22)16-17-5-3-2-4-6-17/h2-10H,11-16H2,1H3,(H,23,27). The molecule has 0 atom stereocenters. The largest absolute Gasteiger partial charge is 0.497 e. The van der Waals surface area contributed by atoms with E-state index >= 15 is 0 Å². The van der Waals surface area contributed by atoms with Gasteiger partial charge < -0.3 is 15.0 Å². The summed E-state index contributed by atoms with van der Waals surface area (Å²) in [5, 5.41) is 4.38. The number of carbonyl (C=O) groups excluding carboxylic acids is 2. The van der Waals surface area contributed by atoms with Gasteiger partial charge in [0, 0.05) is 18.8 Å². The van der Waals surface area contributed by atoms with E-state index in [2.05, 4.69) is 5.32 Å². The molecule has 2 aromatic carbocycles. The molecule has 2 saturated heterocycles. The van der Waals surface area contributed by atoms with Crippen LogP contribution in [0.25, 0.3) is 0 Å². The molecule has 29 heavy (non-hydrogen) atoms. The average molecular weight is 395 g/mol. The van der Waals surface area contributed by atoms with Gasteiger partial charge in [-0.1, -0.05) is 30.3 Å². The van der Waals surface area contributed by atoms with Crippen molar-refractivity contribution in [3.63, 3.8) is 0 Å². The fourth-order valence-electron chi connectivity index (χ4n) is 3.81. The number of anilines is 1. The number of carbonyl (C=O) groups is 2. The lowest BCUT2D eigenvalue weighted by atomic mass is 9.89. The van der Waals surface area contributed by atoms with Crippen molar-refractivity contribution in [1.29, 1.82) is 0 Å². The third-order valence-corrected chi connectivity index (χ3v) is 5.53. The minimum Gasteiger partial charge on any atom is -0.497 e. The van der Waals surface area contributed by atoms with Crippen molar-refractivity contribution in [2.24, 2.45) is 0 Å². The zero-order valence-corrected chi connectivity index (χ0v) is 16.5. The van der Waals surface area contributed by atoms with E-state index in [1.165, 1.54) is 5.06 Å². The summed E-state index contributed by atoms with van der Waals surface area (Å²) in [4.78, 5) is 32.9. The van der Waals surface area contributed by atoms with E-state index in [-0.39, 0.29) is 11.9 Å². The number of urea groups is 1. The Labute approximate surface area is 170 Å². The molecule has 0 saturated carbocycles. The molecule has 0 aliphatic carbocycles. The fraction of sp³-hybridized carbons (Fsp3) is 0.364. The van der Waals surface area contributed by atoms with E-state index in [9.17, 15) is 9.59 Å². The fourth-order valence-corrected chi connectivity index (χ4v) is 3.81. The Balaban J connectivity index is 1.31. The predicted molar refractivity (Wildman–Crippen MR) is 108 cm³/mol. The smallest absolute Gasteiger partial charge is 0.321 e. The van der Waals surface area contributed by atoms with Gasteiger partial charge in [0.25, 0.3) is 0 Å². The summed E-state index contributed by atoms with van der Waals surface area (Å²) >= 11 is 0. The van der Waals surface area contributed by atoms with Crippen molar-refractivity contribution < 1.29 is 19.2 Å². The van der Waals surface area contributed by atoms with Crippen molar-refractivity contribution in [2.75, 3.05) is 25.5 Å². The van der Waals surface area contributed by atoms with Gasteiger partial charge in [0.1, 0.15) is 11.4 Å². The molecule has 1 spiro atoms. The van der Waals surface area contributed by atoms with Gasteiger partial charge in [0.2, 0.25) is 5.91 Å². The predicted octanol–water partition coefficient (Wildman–Crippen LogP) is 3.43. The molecular weight excluding hydrogens is 370 g/mol. The second-order valence-corrected chi connectivity index (χ2v) is 7.51. The number of rotatable bonds is 4. The Morgan fingerprint density at radius 3 is 2.45 bits per heavy atom. The van der Waals surface area contributed by atoms with Crippen LogP contribution in [0.15, 0.2) is 54.6 Å². The monoisotopic (exact) mass is 395 g/mol. The topological polar surface area (TPSA) is 71.1 Å². The summed E-state index contributed by atoms with van der Waals surface area (Å²) in [6.07, 6.45) is 1.65. The summed E-state index contributed by atoms with van der Waals surface area (Å²) in [6.45, 7) is 1.55. The van der Waals surface area contributed by atoms with Crippen LogP contribution in [-0.4, -0.2) is 47.7 Å². The zero-order chi connectivity index (χ0) is 20.3. The van der Waals surface area contributed by atoms with E-state index in [1.54, 1.807) is 24.1 Å². The SMILES string of the molecule is COc1ccc(NC(=O)N2CCC3(CC2)CC(=O)N(Cc2ccccc2)O3)cc1. The maximum absolute atomic E-state index is 12.6. The first-order chi connectivity index (χ1) is 14.1. The number of hydroxylamine groups is 2. The molecule has 3 amide bonds. The number of nitrogens with one attached hydrogen (secondary N) is 1. The molecule has 2 heterocycles. The maximum Gasteiger partial charge on any atom is 0.321 e. The number of piperidine rings is 1. The average Bonchev–Trinajstić information content (AvgIpc) is 3.04. The van der Waals surface area contributed by atoms with Gasteiger partial charge in [-0.15, -0.1) is 0 Å². The molecule has 7 nitrogen and oxygen atoms in total. The molecule has 2 aliphatic rings. The summed E-state index contributed by atoms with van der Waals surface area (Å²) < 4.78 is 5.13. The van der Waals surface area contributed by atoms with Crippen molar-refractivity contribution in [1.82, 2.24) is 9.96 Å². The number of hydrogen-bond donors (Lipinski definition) is 1. The second-order valence-electron chi connectivity index (χ2n) is 7.51. The number of methoxy groups -OCH3 is 1. The summed E-state index contributed by atoms with van der Waals surface area (Å²) in [7, 11) is 1.61. The second kappa shape index (κ2) is 8.13. The minimum atomic E-state index is -0.497. The van der Waals surface area contributed by atoms with Crippen LogP contribution in [0.1, 0.15) is 24.8 Å². The zero-order valence-electron chi connectivity index (χ0n) is 16.5. The van der Waals surface area contributed by atoms with Crippen LogP contribution in [-0.2, 0) is 16.2 Å². The molecule has 7 heteroatoms. The number of nitrogens with zero attached hydrogens (tertiary/aromatic N) is 2. The molecule has 1 N–H and O–H groups in total. The lowest BCUT2D eigenvalue weighted by Gasteiger charge is -2.37. The highest BCUT2D eigenvalue weighted by atomic mass is 16.7. The van der Waals surface area contributed by atoms with Crippen molar-refractivity contribution >= 4 is 17.6 Å². The molecule has 4 rings (SSSR count). The van der Waals surface area contributed by atoms with Crippen LogP contribution in [0, 0.1) is 0 Å². The van der Waals surface area contributed by atoms with E-state index in [0.717, 1.165) is 17.0 Å². The molecule has 2 aliphatic heterocycles. The normalized spacial score (nSPS) is 18.2. The molecule has 0 bridgehead atoms. The molecule has 0 unspecified atom stereocenters. The first-order valence-electron chi connectivity index (χ1n) is 9.80. The van der Waals surface area contributed by atoms with Gasteiger partial charge in [-0.2, -0.15) is 0 Å². The number of benzene rings is 2. The van der Waals surface area contributed by atoms with Crippen LogP contribution in [0.2, 0.25) is 0 Å². The van der Waals surface area contributed by atoms with E-state index in [0.29, 0.717) is 38.9 Å². The Kier molecular flexibility index (Phi) is 5.40. The Bertz CT molecular complexity index is 861. The van der Waals surface area contributed by atoms with Crippen molar-refractivity contribution in [2.45, 2.75) is 31.4 Å². The number of amides is 3. The Morgan fingerprint density at radius 2 is 1.79 bits per heavy atom. The number of hydrogen-bond acceptors (Lipinski definition) is 4. The van der Waals surface area contributed by atoms with E-state index in [4.69, 9.17) is 9.57 Å². The number of ether oxygens (including phenoxy) is 1. The van der Waals surface area contributed by atoms with Crippen molar-refractivity contribution in [3.05, 3.63) is 60.2 Å². The Hall–Kier alpha value is -3.06. The van der Waals surface area contributed by atoms with Crippen LogP contribution >= 0.6 is 0 Å². The first kappa shape index (κ1) is 19.3. The lowest BCUT2D eigenvalue weighted by molar-refractivity contribution is -0.212. The van der Waals surface area contributed by atoms with Crippen LogP contribution in [0.5, 0.6) is 5.75 Å². The van der Waals surface area contributed by atoms with E-state index in [1.807, 2.05) is 42.5 Å². The third kappa shape index (κ3) is 4.35. The maximum atomic E-state index is 12.6. The highest BCUT2D eigenvalue weighted by Crippen LogP contribution is 2.37. The molecule has 152 valence electrons. The highest BCUT2D eigenvalue weighted by molar-refractivity contribution is 5.89. The Morgan fingerprint density at radius 1 is 1.10 bits per heavy atom. The highest BCUT2D eigenvalue weighted by Gasteiger charge is 2.47. The van der Waals surface area contributed by atoms with Gasteiger partial charge in [-0.05, 0) is 42.7 Å². The van der Waals surface area contributed by atoms with Crippen molar-refractivity contribution in [3.8, 4) is 5.75 Å². The van der Waals surface area contributed by atoms with Gasteiger partial charge >= 0.3 is 6.03 Å². The third-order valence-electron chi connectivity index (χ3n) is 5.53. The first-order valence-corrected chi connectivity index (χ1v) is 9.80. The van der Waals surface area contributed by atoms with Gasteiger partial charge in [-0.25, -0.2) is 9.86 Å². The summed E-state index contributed by atoms with van der Waals surface area (Å²) in [6, 6.07) is 16.9. The van der Waals surface area contributed by atoms with Crippen LogP contribution in [0.3, 0.4) is 0 Å². The number of likely N-dealkylation sites (tertiary alicyclic amines) is 1. The van der Waals surface area contributed by atoms with E-state index < -0.39 is 5.60 Å². The summed E-state index contributed by atoms with van der Waals surface area (Å²) in [5.41, 5.74) is 1.26. The van der Waals surface area contributed by atoms with Crippen LogP contribution < -0.4 is 10.1 Å². The molecule has 0 radical (unpaired) electrons. The molecule has 0 aromatic heterocycles. The molecule has 2 fully saturated rings. The molecular formula is C22H25N3O4. The minimum absolute atomic E-state index is 0.00462. The molecule has 2 aromatic rings. The quantitative estimate of drug-likeness (QED) is 0.861. The van der Waals surface area contributed by atoms with Gasteiger partial charge in [-0.3, -0.25) is 9.63 Å². The summed E-state index contributed by atoms with van der Waals surface area (Å²) in [5.74, 6) is 0.746. The lowest BCUT2D eigenvalue weighted by Crippen LogP contribution is -2.48. The van der Waals surface area contributed by atoms with Gasteiger partial charge in [0.15, 0.2) is 0 Å². The van der Waals surface area contributed by atoms with Gasteiger partial charge in [0.05, 0.1) is 20.1 Å².